The maximum atomic E-state index is 12.7. The third-order valence-electron chi connectivity index (χ3n) is 5.02. The van der Waals surface area contributed by atoms with Crippen LogP contribution in [-0.2, 0) is 10.0 Å². The van der Waals surface area contributed by atoms with Crippen molar-refractivity contribution in [3.05, 3.63) is 88.5 Å². The second-order valence-electron chi connectivity index (χ2n) is 7.37. The van der Waals surface area contributed by atoms with Crippen LogP contribution in [0.4, 0.5) is 16.2 Å². The van der Waals surface area contributed by atoms with Crippen molar-refractivity contribution in [3.63, 3.8) is 0 Å². The molecule has 4 rings (SSSR count). The van der Waals surface area contributed by atoms with Crippen LogP contribution >= 0.6 is 23.2 Å². The molecule has 0 saturated heterocycles. The molecule has 0 saturated carbocycles. The van der Waals surface area contributed by atoms with Crippen LogP contribution < -0.4 is 15.4 Å². The summed E-state index contributed by atoms with van der Waals surface area (Å²) in [6.07, 6.45) is 1.79. The minimum atomic E-state index is -3.79. The van der Waals surface area contributed by atoms with Crippen LogP contribution in [0.2, 0.25) is 10.0 Å². The lowest BCUT2D eigenvalue weighted by atomic mass is 10.1. The Morgan fingerprint density at radius 3 is 2.45 bits per heavy atom. The summed E-state index contributed by atoms with van der Waals surface area (Å²) in [6, 6.07) is 17.3. The van der Waals surface area contributed by atoms with E-state index in [0.29, 0.717) is 27.0 Å². The molecule has 1 atom stereocenters. The largest absolute Gasteiger partial charge is 0.361 e. The molecule has 10 heteroatoms. The van der Waals surface area contributed by atoms with Gasteiger partial charge in [-0.05, 0) is 67.1 Å². The summed E-state index contributed by atoms with van der Waals surface area (Å²) in [5, 5.41) is 7.13. The third-order valence-corrected chi connectivity index (χ3v) is 7.25. The Balaban J connectivity index is 1.40. The summed E-state index contributed by atoms with van der Waals surface area (Å²) in [4.78, 5) is 15.5. The number of aromatic nitrogens is 1. The maximum absolute atomic E-state index is 12.7. The lowest BCUT2D eigenvalue weighted by molar-refractivity contribution is 0.249. The van der Waals surface area contributed by atoms with E-state index < -0.39 is 22.1 Å². The number of urea groups is 1. The van der Waals surface area contributed by atoms with Gasteiger partial charge in [0.1, 0.15) is 0 Å². The highest BCUT2D eigenvalue weighted by Gasteiger charge is 2.16. The standard InChI is InChI=1S/C23H20Cl2N4O3S/c1-14(19-3-2-4-20(24)22(19)25)27-23(30)28-16-5-8-18(9-6-16)33(31,32)29-17-7-10-21-15(13-17)11-12-26-21/h2-14,26,29H,1H3,(H2,27,28,30). The fraction of sp³-hybridized carbons (Fsp3) is 0.0870. The van der Waals surface area contributed by atoms with Crippen molar-refractivity contribution in [2.45, 2.75) is 17.9 Å². The molecule has 170 valence electrons. The van der Waals surface area contributed by atoms with Crippen LogP contribution in [0.5, 0.6) is 0 Å². The predicted octanol–water partition coefficient (Wildman–Crippen LogP) is 6.16. The monoisotopic (exact) mass is 502 g/mol. The van der Waals surface area contributed by atoms with Crippen LogP contribution in [0.1, 0.15) is 18.5 Å². The average molecular weight is 503 g/mol. The molecule has 0 bridgehead atoms. The smallest absolute Gasteiger partial charge is 0.319 e. The molecule has 0 aliphatic heterocycles. The number of hydrogen-bond acceptors (Lipinski definition) is 3. The molecule has 1 aromatic heterocycles. The van der Waals surface area contributed by atoms with Gasteiger partial charge in [-0.2, -0.15) is 0 Å². The van der Waals surface area contributed by atoms with E-state index >= 15 is 0 Å². The first-order valence-corrected chi connectivity index (χ1v) is 12.2. The molecule has 0 aliphatic rings. The van der Waals surface area contributed by atoms with Crippen molar-refractivity contribution in [2.75, 3.05) is 10.0 Å². The lowest BCUT2D eigenvalue weighted by Gasteiger charge is -2.17. The van der Waals surface area contributed by atoms with Crippen molar-refractivity contribution in [1.82, 2.24) is 10.3 Å². The number of amides is 2. The molecule has 1 heterocycles. The number of nitrogens with one attached hydrogen (secondary N) is 4. The van der Waals surface area contributed by atoms with Crippen LogP contribution in [0, 0.1) is 0 Å². The number of carbonyl (C=O) groups is 1. The molecule has 33 heavy (non-hydrogen) atoms. The number of benzene rings is 3. The highest BCUT2D eigenvalue weighted by atomic mass is 35.5. The Morgan fingerprint density at radius 2 is 1.70 bits per heavy atom. The number of H-pyrrole nitrogens is 1. The van der Waals surface area contributed by atoms with Gasteiger partial charge in [-0.1, -0.05) is 35.3 Å². The van der Waals surface area contributed by atoms with E-state index in [1.165, 1.54) is 24.3 Å². The number of halogens is 2. The first-order chi connectivity index (χ1) is 15.7. The Labute approximate surface area is 201 Å². The highest BCUT2D eigenvalue weighted by molar-refractivity contribution is 7.92. The van der Waals surface area contributed by atoms with Gasteiger partial charge in [0, 0.05) is 28.5 Å². The molecule has 0 spiro atoms. The predicted molar refractivity (Wildman–Crippen MR) is 133 cm³/mol. The zero-order valence-corrected chi connectivity index (χ0v) is 19.7. The number of aromatic amines is 1. The van der Waals surface area contributed by atoms with Gasteiger partial charge in [0.25, 0.3) is 10.0 Å². The minimum absolute atomic E-state index is 0.0710. The maximum Gasteiger partial charge on any atom is 0.319 e. The summed E-state index contributed by atoms with van der Waals surface area (Å²) in [5.74, 6) is 0. The molecule has 0 fully saturated rings. The number of carbonyl (C=O) groups excluding carboxylic acids is 1. The lowest BCUT2D eigenvalue weighted by Crippen LogP contribution is -2.31. The van der Waals surface area contributed by atoms with Gasteiger partial charge in [-0.15, -0.1) is 0 Å². The number of hydrogen-bond donors (Lipinski definition) is 4. The second kappa shape index (κ2) is 9.35. The van der Waals surface area contributed by atoms with Crippen molar-refractivity contribution in [1.29, 1.82) is 0 Å². The van der Waals surface area contributed by atoms with Gasteiger partial charge in [0.15, 0.2) is 0 Å². The summed E-state index contributed by atoms with van der Waals surface area (Å²) >= 11 is 12.2. The van der Waals surface area contributed by atoms with Crippen molar-refractivity contribution in [3.8, 4) is 0 Å². The molecule has 4 aromatic rings. The molecule has 7 nitrogen and oxygen atoms in total. The van der Waals surface area contributed by atoms with Gasteiger partial charge in [-0.3, -0.25) is 4.72 Å². The Kier molecular flexibility index (Phi) is 6.51. The fourth-order valence-corrected chi connectivity index (χ4v) is 4.87. The summed E-state index contributed by atoms with van der Waals surface area (Å²) in [5.41, 5.74) is 2.49. The molecular weight excluding hydrogens is 483 g/mol. The minimum Gasteiger partial charge on any atom is -0.361 e. The number of fused-ring (bicyclic) bond motifs is 1. The number of sulfonamides is 1. The Bertz CT molecular complexity index is 1420. The van der Waals surface area contributed by atoms with E-state index in [9.17, 15) is 13.2 Å². The summed E-state index contributed by atoms with van der Waals surface area (Å²) < 4.78 is 28.0. The average Bonchev–Trinajstić information content (AvgIpc) is 3.23. The van der Waals surface area contributed by atoms with Crippen LogP contribution in [-0.4, -0.2) is 19.4 Å². The van der Waals surface area contributed by atoms with E-state index in [2.05, 4.69) is 20.3 Å². The van der Waals surface area contributed by atoms with E-state index in [0.717, 1.165) is 10.9 Å². The van der Waals surface area contributed by atoms with E-state index in [-0.39, 0.29) is 4.90 Å². The second-order valence-corrected chi connectivity index (χ2v) is 9.84. The van der Waals surface area contributed by atoms with Crippen LogP contribution in [0.3, 0.4) is 0 Å². The van der Waals surface area contributed by atoms with Crippen LogP contribution in [0.25, 0.3) is 10.9 Å². The van der Waals surface area contributed by atoms with Gasteiger partial charge >= 0.3 is 6.03 Å². The van der Waals surface area contributed by atoms with E-state index in [4.69, 9.17) is 23.2 Å². The number of rotatable bonds is 6. The zero-order chi connectivity index (χ0) is 23.6. The molecule has 4 N–H and O–H groups in total. The Morgan fingerprint density at radius 1 is 0.970 bits per heavy atom. The zero-order valence-electron chi connectivity index (χ0n) is 17.4. The Hall–Kier alpha value is -3.20. The van der Waals surface area contributed by atoms with Gasteiger partial charge in [0.2, 0.25) is 0 Å². The third kappa shape index (κ3) is 5.24. The van der Waals surface area contributed by atoms with Gasteiger partial charge < -0.3 is 15.6 Å². The first-order valence-electron chi connectivity index (χ1n) is 9.94. The van der Waals surface area contributed by atoms with E-state index in [1.54, 1.807) is 49.5 Å². The summed E-state index contributed by atoms with van der Waals surface area (Å²) in [6.45, 7) is 1.78. The first kappa shape index (κ1) is 23.0. The summed E-state index contributed by atoms with van der Waals surface area (Å²) in [7, 11) is -3.79. The molecule has 3 aromatic carbocycles. The fourth-order valence-electron chi connectivity index (χ4n) is 3.34. The molecular formula is C23H20Cl2N4O3S. The van der Waals surface area contributed by atoms with Crippen molar-refractivity contribution in [2.24, 2.45) is 0 Å². The molecule has 0 radical (unpaired) electrons. The van der Waals surface area contributed by atoms with Crippen molar-refractivity contribution < 1.29 is 13.2 Å². The molecule has 1 unspecified atom stereocenters. The topological polar surface area (TPSA) is 103 Å². The van der Waals surface area contributed by atoms with E-state index in [1.807, 2.05) is 6.07 Å². The van der Waals surface area contributed by atoms with Crippen LogP contribution in [0.15, 0.2) is 77.8 Å². The molecule has 2 amide bonds. The highest BCUT2D eigenvalue weighted by Crippen LogP contribution is 2.30. The number of anilines is 2. The van der Waals surface area contributed by atoms with Crippen molar-refractivity contribution >= 4 is 61.5 Å². The quantitative estimate of drug-likeness (QED) is 0.253. The SMILES string of the molecule is CC(NC(=O)Nc1ccc(S(=O)(=O)Nc2ccc3[nH]ccc3c2)cc1)c1cccc(Cl)c1Cl. The molecule has 0 aliphatic carbocycles. The van der Waals surface area contributed by atoms with Gasteiger partial charge in [0.05, 0.1) is 21.0 Å². The normalized spacial score (nSPS) is 12.3. The van der Waals surface area contributed by atoms with Gasteiger partial charge in [-0.25, -0.2) is 13.2 Å².